The molecule has 2 N–H and O–H groups in total. The van der Waals surface area contributed by atoms with Crippen molar-refractivity contribution in [3.8, 4) is 0 Å². The van der Waals surface area contributed by atoms with Crippen LogP contribution in [0.3, 0.4) is 0 Å². The molecule has 0 radical (unpaired) electrons. The third-order valence-electron chi connectivity index (χ3n) is 6.58. The predicted molar refractivity (Wildman–Crippen MR) is 166 cm³/mol. The van der Waals surface area contributed by atoms with Gasteiger partial charge in [0.2, 0.25) is 14.6 Å². The number of nitrogens with one attached hydrogen (secondary N) is 2. The highest BCUT2D eigenvalue weighted by molar-refractivity contribution is 7.80. The van der Waals surface area contributed by atoms with E-state index in [-0.39, 0.29) is 0 Å². The van der Waals surface area contributed by atoms with Gasteiger partial charge in [0, 0.05) is 26.6 Å². The van der Waals surface area contributed by atoms with E-state index in [1.807, 2.05) is 133 Å². The van der Waals surface area contributed by atoms with E-state index >= 15 is 0 Å². The van der Waals surface area contributed by atoms with E-state index in [9.17, 15) is 9.13 Å². The molecule has 0 aliphatic rings. The van der Waals surface area contributed by atoms with Crippen molar-refractivity contribution in [2.24, 2.45) is 0 Å². The second-order valence-electron chi connectivity index (χ2n) is 9.22. The second-order valence-corrected chi connectivity index (χ2v) is 14.2. The first-order valence-corrected chi connectivity index (χ1v) is 16.2. The van der Waals surface area contributed by atoms with E-state index in [0.717, 1.165) is 5.39 Å². The summed E-state index contributed by atoms with van der Waals surface area (Å²) in [6, 6.07) is 44.8. The zero-order valence-corrected chi connectivity index (χ0v) is 23.3. The third-order valence-corrected chi connectivity index (χ3v) is 11.8. The summed E-state index contributed by atoms with van der Waals surface area (Å²) < 4.78 is 28.9. The lowest BCUT2D eigenvalue weighted by atomic mass is 10.3. The van der Waals surface area contributed by atoms with Crippen LogP contribution >= 0.6 is 14.6 Å². The fourth-order valence-electron chi connectivity index (χ4n) is 4.55. The Kier molecular flexibility index (Phi) is 7.04. The standard InChI is InChI=1S/C32H26N4O2P2/c37-39(26-13-5-1-6-14-26,27-15-7-2-8-16-27)35-30-23-21-25-22-24-31(34-32(25)33-30)36-40(38,28-17-9-3-10-18-28)29-19-11-4-12-20-29/h1-24H,(H2,33,34,35,36,37,38). The van der Waals surface area contributed by atoms with E-state index in [0.29, 0.717) is 38.5 Å². The lowest BCUT2D eigenvalue weighted by Gasteiger charge is -2.22. The zero-order chi connectivity index (χ0) is 27.4. The molecule has 0 saturated carbocycles. The lowest BCUT2D eigenvalue weighted by Crippen LogP contribution is -2.22. The average Bonchev–Trinajstić information content (AvgIpc) is 3.02. The van der Waals surface area contributed by atoms with Gasteiger partial charge in [-0.2, -0.15) is 0 Å². The Morgan fingerprint density at radius 2 is 0.700 bits per heavy atom. The Balaban J connectivity index is 1.38. The first-order valence-electron chi connectivity index (χ1n) is 12.8. The maximum Gasteiger partial charge on any atom is 0.228 e. The maximum atomic E-state index is 14.5. The van der Waals surface area contributed by atoms with Gasteiger partial charge in [-0.15, -0.1) is 0 Å². The minimum Gasteiger partial charge on any atom is -0.314 e. The highest BCUT2D eigenvalue weighted by atomic mass is 31.2. The van der Waals surface area contributed by atoms with Gasteiger partial charge in [0.05, 0.1) is 0 Å². The molecule has 2 heterocycles. The van der Waals surface area contributed by atoms with Crippen molar-refractivity contribution in [2.75, 3.05) is 10.2 Å². The van der Waals surface area contributed by atoms with Gasteiger partial charge in [-0.25, -0.2) is 9.97 Å². The quantitative estimate of drug-likeness (QED) is 0.212. The summed E-state index contributed by atoms with van der Waals surface area (Å²) in [5, 5.41) is 9.98. The molecule has 0 aliphatic carbocycles. The van der Waals surface area contributed by atoms with Crippen LogP contribution < -0.4 is 31.4 Å². The van der Waals surface area contributed by atoms with Gasteiger partial charge >= 0.3 is 0 Å². The summed E-state index contributed by atoms with van der Waals surface area (Å²) in [5.74, 6) is 0.866. The van der Waals surface area contributed by atoms with Crippen LogP contribution in [-0.4, -0.2) is 9.97 Å². The molecule has 0 saturated heterocycles. The van der Waals surface area contributed by atoms with Gasteiger partial charge in [0.1, 0.15) is 11.6 Å². The molecule has 6 rings (SSSR count). The van der Waals surface area contributed by atoms with E-state index in [1.54, 1.807) is 12.1 Å². The Labute approximate surface area is 233 Å². The van der Waals surface area contributed by atoms with Crippen molar-refractivity contribution in [3.63, 3.8) is 0 Å². The third kappa shape index (κ3) is 5.08. The van der Waals surface area contributed by atoms with Gasteiger partial charge in [-0.1, -0.05) is 72.8 Å². The van der Waals surface area contributed by atoms with Crippen LogP contribution in [0.5, 0.6) is 0 Å². The highest BCUT2D eigenvalue weighted by Gasteiger charge is 2.29. The summed E-state index contributed by atoms with van der Waals surface area (Å²) in [6.45, 7) is 0. The Bertz CT molecular complexity index is 1630. The Morgan fingerprint density at radius 1 is 0.400 bits per heavy atom. The second kappa shape index (κ2) is 10.9. The highest BCUT2D eigenvalue weighted by Crippen LogP contribution is 2.44. The molecule has 6 nitrogen and oxygen atoms in total. The van der Waals surface area contributed by atoms with E-state index < -0.39 is 14.6 Å². The fourth-order valence-corrected chi connectivity index (χ4v) is 8.93. The van der Waals surface area contributed by atoms with Gasteiger partial charge in [-0.05, 0) is 72.8 Å². The zero-order valence-electron chi connectivity index (χ0n) is 21.5. The van der Waals surface area contributed by atoms with E-state index in [1.165, 1.54) is 0 Å². The number of benzene rings is 4. The van der Waals surface area contributed by atoms with Crippen LogP contribution in [0.15, 0.2) is 146 Å². The van der Waals surface area contributed by atoms with Crippen LogP contribution in [0.25, 0.3) is 11.0 Å². The molecule has 196 valence electrons. The first-order chi connectivity index (χ1) is 19.5. The van der Waals surface area contributed by atoms with E-state index in [2.05, 4.69) is 10.2 Å². The minimum absolute atomic E-state index is 0.433. The Hall–Kier alpha value is -4.50. The van der Waals surface area contributed by atoms with Crippen molar-refractivity contribution >= 4 is 58.5 Å². The topological polar surface area (TPSA) is 84.0 Å². The van der Waals surface area contributed by atoms with Crippen molar-refractivity contribution in [3.05, 3.63) is 146 Å². The van der Waals surface area contributed by atoms with Crippen LogP contribution in [0, 0.1) is 0 Å². The summed E-state index contributed by atoms with van der Waals surface area (Å²) in [5.41, 5.74) is 0.440. The van der Waals surface area contributed by atoms with E-state index in [4.69, 9.17) is 9.97 Å². The summed E-state index contributed by atoms with van der Waals surface area (Å²) in [7, 11) is -6.50. The molecule has 2 aromatic heterocycles. The number of pyridine rings is 2. The SMILES string of the molecule is O=P(Nc1ccc2ccc(NP(=O)(c3ccccc3)c3ccccc3)nc2n1)(c1ccccc1)c1ccccc1. The number of hydrogen-bond acceptors (Lipinski definition) is 4. The van der Waals surface area contributed by atoms with Crippen molar-refractivity contribution < 1.29 is 9.13 Å². The molecular weight excluding hydrogens is 534 g/mol. The maximum absolute atomic E-state index is 14.5. The van der Waals surface area contributed by atoms with Crippen LogP contribution in [-0.2, 0) is 9.13 Å². The number of fused-ring (bicyclic) bond motifs is 1. The fraction of sp³-hybridized carbons (Fsp3) is 0. The van der Waals surface area contributed by atoms with Crippen LogP contribution in [0.2, 0.25) is 0 Å². The van der Waals surface area contributed by atoms with Crippen molar-refractivity contribution in [1.82, 2.24) is 9.97 Å². The molecule has 0 spiro atoms. The molecule has 4 aromatic carbocycles. The molecule has 40 heavy (non-hydrogen) atoms. The minimum atomic E-state index is -3.25. The summed E-state index contributed by atoms with van der Waals surface area (Å²) in [4.78, 5) is 9.45. The van der Waals surface area contributed by atoms with Gasteiger partial charge in [-0.3, -0.25) is 9.13 Å². The van der Waals surface area contributed by atoms with Crippen molar-refractivity contribution in [2.45, 2.75) is 0 Å². The molecule has 0 amide bonds. The molecule has 0 aliphatic heterocycles. The smallest absolute Gasteiger partial charge is 0.228 e. The molecule has 0 fully saturated rings. The molecule has 8 heteroatoms. The van der Waals surface area contributed by atoms with Gasteiger partial charge in [0.15, 0.2) is 5.65 Å². The molecular formula is C32H26N4O2P2. The van der Waals surface area contributed by atoms with Crippen LogP contribution in [0.4, 0.5) is 11.6 Å². The Morgan fingerprint density at radius 3 is 1.00 bits per heavy atom. The number of aromatic nitrogens is 2. The summed E-state index contributed by atoms with van der Waals surface area (Å²) in [6.07, 6.45) is 0. The largest absolute Gasteiger partial charge is 0.314 e. The van der Waals surface area contributed by atoms with Crippen LogP contribution in [0.1, 0.15) is 0 Å². The number of anilines is 2. The summed E-state index contributed by atoms with van der Waals surface area (Å²) >= 11 is 0. The normalized spacial score (nSPS) is 11.7. The average molecular weight is 561 g/mol. The lowest BCUT2D eigenvalue weighted by molar-refractivity contribution is 0.589. The predicted octanol–water partition coefficient (Wildman–Crippen LogP) is 6.31. The van der Waals surface area contributed by atoms with Gasteiger partial charge in [0.25, 0.3) is 0 Å². The molecule has 6 aromatic rings. The number of rotatable bonds is 8. The first kappa shape index (κ1) is 25.8. The number of hydrogen-bond donors (Lipinski definition) is 2. The molecule has 0 atom stereocenters. The van der Waals surface area contributed by atoms with Gasteiger partial charge < -0.3 is 10.2 Å². The molecule has 0 bridgehead atoms. The molecule has 0 unspecified atom stereocenters. The number of nitrogens with zero attached hydrogens (tertiary/aromatic N) is 2. The monoisotopic (exact) mass is 560 g/mol. The van der Waals surface area contributed by atoms with Crippen molar-refractivity contribution in [1.29, 1.82) is 0 Å².